The van der Waals surface area contributed by atoms with E-state index in [1.807, 2.05) is 6.07 Å². The van der Waals surface area contributed by atoms with Crippen LogP contribution in [-0.4, -0.2) is 61.9 Å². The van der Waals surface area contributed by atoms with E-state index in [0.29, 0.717) is 5.69 Å². The molecule has 16 heteroatoms. The Kier molecular flexibility index (Phi) is 8.58. The quantitative estimate of drug-likeness (QED) is 0.162. The van der Waals surface area contributed by atoms with E-state index in [0.717, 1.165) is 0 Å². The lowest BCUT2D eigenvalue weighted by atomic mass is 10.1. The van der Waals surface area contributed by atoms with Crippen LogP contribution in [0.15, 0.2) is 61.1 Å². The first-order valence-electron chi connectivity index (χ1n) is 11.3. The van der Waals surface area contributed by atoms with Gasteiger partial charge >= 0.3 is 0 Å². The third-order valence-corrected chi connectivity index (χ3v) is 6.37. The van der Waals surface area contributed by atoms with Crippen molar-refractivity contribution in [2.75, 3.05) is 11.9 Å². The minimum absolute atomic E-state index is 0.121. The summed E-state index contributed by atoms with van der Waals surface area (Å²) < 4.78 is 29.9. The number of carbonyl (C=O) groups is 2. The molecule has 1 fully saturated rings. The van der Waals surface area contributed by atoms with Gasteiger partial charge in [0.15, 0.2) is 18.5 Å². The molecule has 2 aromatic heterocycles. The second kappa shape index (κ2) is 11.9. The summed E-state index contributed by atoms with van der Waals surface area (Å²) in [6.45, 7) is -1.33. The van der Waals surface area contributed by atoms with E-state index in [4.69, 9.17) is 19.5 Å². The highest BCUT2D eigenvalue weighted by molar-refractivity contribution is 7.45. The number of pyridine rings is 1. The lowest BCUT2D eigenvalue weighted by molar-refractivity contribution is -0.765. The fourth-order valence-electron chi connectivity index (χ4n) is 3.61. The number of anilines is 1. The van der Waals surface area contributed by atoms with Crippen LogP contribution in [0.25, 0.3) is 0 Å². The molecule has 1 unspecified atom stereocenters. The SMILES string of the molecule is NC(=O)c1ccc[n+]([C@@H]2O[C@H](COP(=O)([O-])OCc3cn(CC(=O)Nc4ccccc4)nn3)[C@@H](O)[C@H]2O)c1. The van der Waals surface area contributed by atoms with E-state index in [1.54, 1.807) is 24.3 Å². The number of aliphatic hydroxyl groups is 2. The number of aliphatic hydroxyl groups excluding tert-OH is 2. The van der Waals surface area contributed by atoms with Crippen LogP contribution < -0.4 is 20.5 Å². The number of phosphoric ester groups is 1. The second-order valence-corrected chi connectivity index (χ2v) is 9.70. The van der Waals surface area contributed by atoms with Crippen LogP contribution in [0.2, 0.25) is 0 Å². The average Bonchev–Trinajstić information content (AvgIpc) is 3.46. The van der Waals surface area contributed by atoms with Gasteiger partial charge < -0.3 is 39.9 Å². The van der Waals surface area contributed by atoms with Gasteiger partial charge in [-0.1, -0.05) is 23.4 Å². The number of nitrogens with one attached hydrogen (secondary N) is 1. The Balaban J connectivity index is 1.26. The number of nitrogens with two attached hydrogens (primary N) is 1. The van der Waals surface area contributed by atoms with E-state index in [2.05, 4.69) is 15.6 Å². The molecule has 3 heterocycles. The molecule has 15 nitrogen and oxygen atoms in total. The molecule has 0 radical (unpaired) electrons. The molecule has 0 bridgehead atoms. The van der Waals surface area contributed by atoms with Gasteiger partial charge in [0.2, 0.25) is 5.91 Å². The number of aromatic nitrogens is 4. The lowest BCUT2D eigenvalue weighted by Crippen LogP contribution is -2.46. The van der Waals surface area contributed by atoms with Crippen LogP contribution in [0, 0.1) is 0 Å². The molecule has 5 N–H and O–H groups in total. The molecule has 1 aliphatic heterocycles. The topological polar surface area (TPSA) is 215 Å². The third kappa shape index (κ3) is 7.05. The Labute approximate surface area is 216 Å². The first-order chi connectivity index (χ1) is 18.1. The maximum absolute atomic E-state index is 12.2. The van der Waals surface area contributed by atoms with Crippen LogP contribution in [0.5, 0.6) is 0 Å². The zero-order valence-corrected chi connectivity index (χ0v) is 20.7. The molecule has 2 amide bonds. The van der Waals surface area contributed by atoms with Crippen molar-refractivity contribution in [3.63, 3.8) is 0 Å². The number of primary amides is 1. The van der Waals surface area contributed by atoms with Crippen LogP contribution in [0.1, 0.15) is 22.3 Å². The van der Waals surface area contributed by atoms with Crippen LogP contribution in [0.4, 0.5) is 5.69 Å². The fraction of sp³-hybridized carbons (Fsp3) is 0.318. The Hall–Kier alpha value is -3.56. The van der Waals surface area contributed by atoms with Crippen molar-refractivity contribution in [1.82, 2.24) is 15.0 Å². The maximum atomic E-state index is 12.2. The molecule has 1 aliphatic rings. The molecule has 3 aromatic rings. The van der Waals surface area contributed by atoms with Crippen molar-refractivity contribution in [2.45, 2.75) is 37.7 Å². The summed E-state index contributed by atoms with van der Waals surface area (Å²) in [5, 5.41) is 30.8. The van der Waals surface area contributed by atoms with E-state index >= 15 is 0 Å². The summed E-state index contributed by atoms with van der Waals surface area (Å²) in [4.78, 5) is 35.7. The molecule has 0 aliphatic carbocycles. The van der Waals surface area contributed by atoms with Crippen LogP contribution in [-0.2, 0) is 36.3 Å². The standard InChI is InChI=1S/C22H25N6O9P/c23-21(32)14-5-4-8-27(9-14)22-20(31)19(30)17(37-22)13-36-38(33,34)35-12-16-10-28(26-25-16)11-18(29)24-15-6-2-1-3-7-15/h1-10,17,19-20,22,30-31H,11-13H2,(H3-,23,24,29,32,33,34)/t17-,19-,20-,22-/m1/s1. The van der Waals surface area contributed by atoms with Gasteiger partial charge in [0, 0.05) is 11.8 Å². The number of phosphoric acid groups is 1. The second-order valence-electron chi connectivity index (χ2n) is 8.29. The molecule has 38 heavy (non-hydrogen) atoms. The van der Waals surface area contributed by atoms with E-state index in [1.165, 1.54) is 40.0 Å². The average molecular weight is 548 g/mol. The zero-order chi connectivity index (χ0) is 27.3. The summed E-state index contributed by atoms with van der Waals surface area (Å²) in [5.74, 6) is -1.06. The number of hydrogen-bond acceptors (Lipinski definition) is 11. The Bertz CT molecular complexity index is 1320. The van der Waals surface area contributed by atoms with Gasteiger partial charge in [-0.25, -0.2) is 4.68 Å². The smallest absolute Gasteiger partial charge is 0.292 e. The first-order valence-corrected chi connectivity index (χ1v) is 12.7. The summed E-state index contributed by atoms with van der Waals surface area (Å²) in [6.07, 6.45) is -1.15. The van der Waals surface area contributed by atoms with Crippen molar-refractivity contribution in [3.05, 3.63) is 72.3 Å². The molecule has 5 atom stereocenters. The molecule has 1 aromatic carbocycles. The summed E-state index contributed by atoms with van der Waals surface area (Å²) in [6, 6.07) is 11.8. The van der Waals surface area contributed by atoms with Crippen LogP contribution >= 0.6 is 7.82 Å². The normalized spacial score (nSPS) is 22.6. The largest absolute Gasteiger partial charge is 0.756 e. The highest BCUT2D eigenvalue weighted by atomic mass is 31.2. The van der Waals surface area contributed by atoms with Gasteiger partial charge in [0.1, 0.15) is 36.6 Å². The number of amides is 2. The monoisotopic (exact) mass is 548 g/mol. The molecule has 4 rings (SSSR count). The molecule has 202 valence electrons. The minimum Gasteiger partial charge on any atom is -0.756 e. The lowest BCUT2D eigenvalue weighted by Gasteiger charge is -2.24. The van der Waals surface area contributed by atoms with Crippen molar-refractivity contribution < 1.29 is 47.6 Å². The molecule has 0 spiro atoms. The highest BCUT2D eigenvalue weighted by Gasteiger charge is 2.48. The van der Waals surface area contributed by atoms with Crippen molar-refractivity contribution in [1.29, 1.82) is 0 Å². The number of benzene rings is 1. The minimum atomic E-state index is -4.88. The maximum Gasteiger partial charge on any atom is 0.292 e. The van der Waals surface area contributed by atoms with E-state index in [-0.39, 0.29) is 23.7 Å². The van der Waals surface area contributed by atoms with Crippen molar-refractivity contribution in [2.24, 2.45) is 5.73 Å². The van der Waals surface area contributed by atoms with Gasteiger partial charge in [-0.2, -0.15) is 4.57 Å². The summed E-state index contributed by atoms with van der Waals surface area (Å²) in [5.41, 5.74) is 6.13. The van der Waals surface area contributed by atoms with Crippen LogP contribution in [0.3, 0.4) is 0 Å². The highest BCUT2D eigenvalue weighted by Crippen LogP contribution is 2.40. The van der Waals surface area contributed by atoms with Gasteiger partial charge in [0.25, 0.3) is 20.0 Å². The Morgan fingerprint density at radius 1 is 1.18 bits per heavy atom. The van der Waals surface area contributed by atoms with E-state index in [9.17, 15) is 29.3 Å². The molecule has 1 saturated heterocycles. The van der Waals surface area contributed by atoms with Gasteiger partial charge in [-0.05, 0) is 18.2 Å². The van der Waals surface area contributed by atoms with E-state index < -0.39 is 51.5 Å². The Morgan fingerprint density at radius 2 is 1.95 bits per heavy atom. The number of rotatable bonds is 11. The number of nitrogens with zero attached hydrogens (tertiary/aromatic N) is 4. The zero-order valence-electron chi connectivity index (χ0n) is 19.8. The fourth-order valence-corrected chi connectivity index (χ4v) is 4.30. The van der Waals surface area contributed by atoms with Gasteiger partial charge in [0.05, 0.1) is 12.8 Å². The number of carbonyl (C=O) groups excluding carboxylic acids is 2. The predicted octanol–water partition coefficient (Wildman–Crippen LogP) is -1.38. The number of para-hydroxylation sites is 1. The van der Waals surface area contributed by atoms with Gasteiger partial charge in [-0.3, -0.25) is 14.2 Å². The predicted molar refractivity (Wildman–Crippen MR) is 125 cm³/mol. The summed E-state index contributed by atoms with van der Waals surface area (Å²) in [7, 11) is -4.88. The molecule has 0 saturated carbocycles. The Morgan fingerprint density at radius 3 is 2.68 bits per heavy atom. The van der Waals surface area contributed by atoms with Crippen molar-refractivity contribution in [3.8, 4) is 0 Å². The third-order valence-electron chi connectivity index (χ3n) is 5.45. The summed E-state index contributed by atoms with van der Waals surface area (Å²) >= 11 is 0. The number of hydrogen-bond donors (Lipinski definition) is 4. The van der Waals surface area contributed by atoms with Gasteiger partial charge in [-0.15, -0.1) is 5.10 Å². The molecular formula is C22H25N6O9P. The molecular weight excluding hydrogens is 523 g/mol. The first kappa shape index (κ1) is 27.5. The number of ether oxygens (including phenoxy) is 1. The van der Waals surface area contributed by atoms with Crippen molar-refractivity contribution >= 4 is 25.3 Å².